The van der Waals surface area contributed by atoms with Crippen molar-refractivity contribution in [1.29, 1.82) is 0 Å². The molecule has 0 aliphatic carbocycles. The number of nitrogens with zero attached hydrogens (tertiary/aromatic N) is 6. The molecule has 0 saturated carbocycles. The van der Waals surface area contributed by atoms with E-state index in [-0.39, 0.29) is 11.8 Å². The third-order valence-corrected chi connectivity index (χ3v) is 8.22. The molecular weight excluding hydrogens is 512 g/mol. The summed E-state index contributed by atoms with van der Waals surface area (Å²) >= 11 is 6.69. The van der Waals surface area contributed by atoms with Gasteiger partial charge in [0.25, 0.3) is 5.91 Å². The van der Waals surface area contributed by atoms with Gasteiger partial charge in [-0.05, 0) is 41.8 Å². The lowest BCUT2D eigenvalue weighted by atomic mass is 10.0. The van der Waals surface area contributed by atoms with Crippen molar-refractivity contribution in [2.75, 3.05) is 18.5 Å². The van der Waals surface area contributed by atoms with Crippen molar-refractivity contribution in [2.24, 2.45) is 0 Å². The Morgan fingerprint density at radius 2 is 1.87 bits per heavy atom. The molecule has 5 aromatic rings. The Kier molecular flexibility index (Phi) is 5.52. The second-order valence-corrected chi connectivity index (χ2v) is 10.4. The van der Waals surface area contributed by atoms with Gasteiger partial charge in [0, 0.05) is 43.4 Å². The molecule has 0 unspecified atom stereocenters. The molecule has 0 bridgehead atoms. The summed E-state index contributed by atoms with van der Waals surface area (Å²) in [4.78, 5) is 35.3. The van der Waals surface area contributed by atoms with E-state index in [1.165, 1.54) is 0 Å². The average Bonchev–Trinajstić information content (AvgIpc) is 3.47. The van der Waals surface area contributed by atoms with E-state index in [1.54, 1.807) is 27.7 Å². The van der Waals surface area contributed by atoms with Gasteiger partial charge in [-0.2, -0.15) is 5.10 Å². The van der Waals surface area contributed by atoms with Crippen molar-refractivity contribution in [1.82, 2.24) is 24.2 Å². The van der Waals surface area contributed by atoms with Gasteiger partial charge in [0.15, 0.2) is 5.69 Å². The quantitative estimate of drug-likeness (QED) is 0.339. The van der Waals surface area contributed by atoms with Crippen LogP contribution in [-0.4, -0.2) is 55.7 Å². The first kappa shape index (κ1) is 23.7. The largest absolute Gasteiger partial charge is 0.325 e. The highest BCUT2D eigenvalue weighted by molar-refractivity contribution is 6.31. The first-order valence-corrected chi connectivity index (χ1v) is 13.3. The molecular formula is C30H25ClN6O2. The van der Waals surface area contributed by atoms with E-state index in [9.17, 15) is 9.59 Å². The molecule has 2 aliphatic rings. The Hall–Kier alpha value is -4.43. The number of amides is 2. The summed E-state index contributed by atoms with van der Waals surface area (Å²) in [5.74, 6) is -0.371. The van der Waals surface area contributed by atoms with Gasteiger partial charge < -0.3 is 14.4 Å². The standard InChI is InChI=1S/C30H25ClN6O2/c1-34-23-10-5-11-24-26(23)20(18-36(24)21-9-6-13-32-16-21)15-25(29(34)38)35-14-12-22-27(30(35)39)33-37(28(22)31)17-19-7-3-2-4-8-19/h2-11,13,16,18,25H,12,14-15,17H2,1H3/t25-/m0/s1. The molecule has 7 rings (SSSR count). The van der Waals surface area contributed by atoms with Crippen LogP contribution < -0.4 is 4.90 Å². The van der Waals surface area contributed by atoms with E-state index < -0.39 is 6.04 Å². The summed E-state index contributed by atoms with van der Waals surface area (Å²) in [7, 11) is 1.78. The lowest BCUT2D eigenvalue weighted by Crippen LogP contribution is -2.53. The van der Waals surface area contributed by atoms with Crippen LogP contribution in [0.1, 0.15) is 27.2 Å². The lowest BCUT2D eigenvalue weighted by Gasteiger charge is -2.34. The van der Waals surface area contributed by atoms with Crippen LogP contribution in [0, 0.1) is 0 Å². The van der Waals surface area contributed by atoms with E-state index in [0.717, 1.165) is 39.0 Å². The molecule has 2 aliphatic heterocycles. The molecule has 194 valence electrons. The first-order valence-electron chi connectivity index (χ1n) is 12.9. The predicted octanol–water partition coefficient (Wildman–Crippen LogP) is 4.51. The highest BCUT2D eigenvalue weighted by Crippen LogP contribution is 2.38. The summed E-state index contributed by atoms with van der Waals surface area (Å²) in [5, 5.41) is 6.11. The summed E-state index contributed by atoms with van der Waals surface area (Å²) < 4.78 is 3.78. The number of likely N-dealkylation sites (N-methyl/N-ethyl adjacent to an activating group) is 1. The Bertz CT molecular complexity index is 1740. The second kappa shape index (κ2) is 9.10. The third kappa shape index (κ3) is 3.74. The second-order valence-electron chi connectivity index (χ2n) is 10.0. The zero-order valence-electron chi connectivity index (χ0n) is 21.3. The Balaban J connectivity index is 1.26. The number of fused-ring (bicyclic) bond motifs is 1. The van der Waals surface area contributed by atoms with Crippen molar-refractivity contribution >= 4 is 40.0 Å². The maximum absolute atomic E-state index is 13.8. The fourth-order valence-corrected chi connectivity index (χ4v) is 6.16. The molecule has 0 spiro atoms. The number of halogens is 1. The normalized spacial score (nSPS) is 17.0. The van der Waals surface area contributed by atoms with Crippen LogP contribution in [0.25, 0.3) is 16.6 Å². The van der Waals surface area contributed by atoms with Crippen LogP contribution in [-0.2, 0) is 24.2 Å². The fourth-order valence-electron chi connectivity index (χ4n) is 5.87. The van der Waals surface area contributed by atoms with Crippen molar-refractivity contribution < 1.29 is 9.59 Å². The number of pyridine rings is 1. The third-order valence-electron chi connectivity index (χ3n) is 7.80. The molecule has 5 heterocycles. The maximum atomic E-state index is 13.8. The highest BCUT2D eigenvalue weighted by atomic mass is 35.5. The lowest BCUT2D eigenvalue weighted by molar-refractivity contribution is -0.122. The number of rotatable bonds is 4. The van der Waals surface area contributed by atoms with Crippen LogP contribution in [0.3, 0.4) is 0 Å². The predicted molar refractivity (Wildman–Crippen MR) is 149 cm³/mol. The summed E-state index contributed by atoms with van der Waals surface area (Å²) in [6.07, 6.45) is 6.58. The number of hydrogen-bond acceptors (Lipinski definition) is 4. The van der Waals surface area contributed by atoms with E-state index in [0.29, 0.717) is 36.8 Å². The summed E-state index contributed by atoms with van der Waals surface area (Å²) in [6.45, 7) is 0.871. The maximum Gasteiger partial charge on any atom is 0.275 e. The van der Waals surface area contributed by atoms with Crippen LogP contribution in [0.4, 0.5) is 5.69 Å². The number of anilines is 1. The fraction of sp³-hybridized carbons (Fsp3) is 0.200. The van der Waals surface area contributed by atoms with E-state index in [4.69, 9.17) is 11.6 Å². The Labute approximate surface area is 230 Å². The van der Waals surface area contributed by atoms with Crippen LogP contribution in [0.2, 0.25) is 5.15 Å². The van der Waals surface area contributed by atoms with Gasteiger partial charge in [-0.1, -0.05) is 48.0 Å². The molecule has 0 saturated heterocycles. The highest BCUT2D eigenvalue weighted by Gasteiger charge is 2.41. The molecule has 0 N–H and O–H groups in total. The smallest absolute Gasteiger partial charge is 0.275 e. The molecule has 2 aromatic carbocycles. The minimum absolute atomic E-state index is 0.113. The van der Waals surface area contributed by atoms with E-state index >= 15 is 0 Å². The van der Waals surface area contributed by atoms with Gasteiger partial charge in [-0.25, -0.2) is 4.68 Å². The Morgan fingerprint density at radius 3 is 2.67 bits per heavy atom. The minimum atomic E-state index is -0.658. The van der Waals surface area contributed by atoms with Gasteiger partial charge >= 0.3 is 0 Å². The van der Waals surface area contributed by atoms with Crippen molar-refractivity contribution in [3.8, 4) is 5.69 Å². The minimum Gasteiger partial charge on any atom is -0.325 e. The molecule has 3 aromatic heterocycles. The van der Waals surface area contributed by atoms with E-state index in [2.05, 4.69) is 20.8 Å². The van der Waals surface area contributed by atoms with Crippen molar-refractivity contribution in [3.05, 3.63) is 107 Å². The van der Waals surface area contributed by atoms with Gasteiger partial charge in [-0.15, -0.1) is 0 Å². The number of aromatic nitrogens is 4. The summed E-state index contributed by atoms with van der Waals surface area (Å²) in [5.41, 5.74) is 5.90. The molecule has 1 atom stereocenters. The topological polar surface area (TPSA) is 76.3 Å². The van der Waals surface area contributed by atoms with Gasteiger partial charge in [-0.3, -0.25) is 14.6 Å². The van der Waals surface area contributed by atoms with Gasteiger partial charge in [0.05, 0.1) is 29.6 Å². The number of hydrogen-bond donors (Lipinski definition) is 0. The SMILES string of the molecule is CN1C(=O)[C@@H](N2CCc3c(nn(Cc4ccccc4)c3Cl)C2=O)Cc2cn(-c3cccnc3)c3cccc1c23. The van der Waals surface area contributed by atoms with Crippen molar-refractivity contribution in [2.45, 2.75) is 25.4 Å². The van der Waals surface area contributed by atoms with Gasteiger partial charge in [0.1, 0.15) is 11.2 Å². The Morgan fingerprint density at radius 1 is 1.03 bits per heavy atom. The van der Waals surface area contributed by atoms with Crippen LogP contribution in [0.15, 0.2) is 79.3 Å². The van der Waals surface area contributed by atoms with Crippen molar-refractivity contribution in [3.63, 3.8) is 0 Å². The monoisotopic (exact) mass is 536 g/mol. The summed E-state index contributed by atoms with van der Waals surface area (Å²) in [6, 6.07) is 19.1. The van der Waals surface area contributed by atoms with Crippen LogP contribution >= 0.6 is 11.6 Å². The van der Waals surface area contributed by atoms with Crippen LogP contribution in [0.5, 0.6) is 0 Å². The zero-order chi connectivity index (χ0) is 26.7. The zero-order valence-corrected chi connectivity index (χ0v) is 22.0. The molecule has 8 nitrogen and oxygen atoms in total. The average molecular weight is 537 g/mol. The van der Waals surface area contributed by atoms with Gasteiger partial charge in [0.2, 0.25) is 5.91 Å². The van der Waals surface area contributed by atoms with E-state index in [1.807, 2.05) is 66.9 Å². The number of carbonyl (C=O) groups excluding carboxylic acids is 2. The molecule has 0 fully saturated rings. The first-order chi connectivity index (χ1) is 19.0. The molecule has 9 heteroatoms. The number of carbonyl (C=O) groups is 2. The number of benzene rings is 2. The molecule has 2 amide bonds. The molecule has 39 heavy (non-hydrogen) atoms. The molecule has 0 radical (unpaired) electrons.